The zero-order valence-electron chi connectivity index (χ0n) is 12.7. The summed E-state index contributed by atoms with van der Waals surface area (Å²) in [5, 5.41) is 19.9. The monoisotopic (exact) mass is 328 g/mol. The standard InChI is InChI=1S/C16H16N4O4/c21-11-6-13(20-9-19-14-15(20)17-8-18-16(14)22)24-12(11)7-23-10-4-2-1-3-5-10/h1-5,8-9,11-13,21H,6-7H2,(H,17,18,22)/t11-,12+,13+/m0/s1. The first-order valence-electron chi connectivity index (χ1n) is 7.60. The molecule has 0 radical (unpaired) electrons. The molecule has 2 N–H and O–H groups in total. The Hall–Kier alpha value is -2.71. The fourth-order valence-corrected chi connectivity index (χ4v) is 2.78. The average Bonchev–Trinajstić information content (AvgIpc) is 3.18. The molecule has 1 fully saturated rings. The van der Waals surface area contributed by atoms with Crippen molar-refractivity contribution in [2.24, 2.45) is 0 Å². The highest BCUT2D eigenvalue weighted by molar-refractivity contribution is 5.75. The number of aromatic hydroxyl groups is 1. The third-order valence-electron chi connectivity index (χ3n) is 4.01. The van der Waals surface area contributed by atoms with E-state index in [1.807, 2.05) is 30.3 Å². The van der Waals surface area contributed by atoms with Crippen molar-refractivity contribution in [2.75, 3.05) is 6.61 Å². The molecule has 4 rings (SSSR count). The minimum absolute atomic E-state index is 0.179. The lowest BCUT2D eigenvalue weighted by Crippen LogP contribution is -2.27. The number of aliphatic hydroxyl groups excluding tert-OH is 1. The average molecular weight is 328 g/mol. The number of nitrogens with zero attached hydrogens (tertiary/aromatic N) is 4. The molecule has 24 heavy (non-hydrogen) atoms. The van der Waals surface area contributed by atoms with Crippen molar-refractivity contribution >= 4 is 11.2 Å². The molecular formula is C16H16N4O4. The minimum Gasteiger partial charge on any atom is -0.492 e. The van der Waals surface area contributed by atoms with E-state index in [9.17, 15) is 10.2 Å². The van der Waals surface area contributed by atoms with E-state index in [2.05, 4.69) is 15.0 Å². The summed E-state index contributed by atoms with van der Waals surface area (Å²) in [7, 11) is 0. The van der Waals surface area contributed by atoms with Crippen molar-refractivity contribution in [2.45, 2.75) is 24.9 Å². The number of para-hydroxylation sites is 1. The Bertz CT molecular complexity index is 838. The number of hydrogen-bond acceptors (Lipinski definition) is 7. The molecule has 8 nitrogen and oxygen atoms in total. The van der Waals surface area contributed by atoms with Gasteiger partial charge in [0.25, 0.3) is 0 Å². The van der Waals surface area contributed by atoms with Gasteiger partial charge >= 0.3 is 0 Å². The fourth-order valence-electron chi connectivity index (χ4n) is 2.78. The van der Waals surface area contributed by atoms with Crippen molar-refractivity contribution in [3.63, 3.8) is 0 Å². The molecule has 3 aromatic rings. The van der Waals surface area contributed by atoms with Gasteiger partial charge in [0.1, 0.15) is 31.0 Å². The first kappa shape index (κ1) is 14.9. The summed E-state index contributed by atoms with van der Waals surface area (Å²) in [4.78, 5) is 11.9. The van der Waals surface area contributed by atoms with Crippen LogP contribution in [0.4, 0.5) is 0 Å². The summed E-state index contributed by atoms with van der Waals surface area (Å²) in [6.07, 6.45) is 1.63. The number of imidazole rings is 1. The SMILES string of the molecule is Oc1ncnc2c1ncn2[C@H]1C[C@H](O)[C@@H](COc2ccccc2)O1. The molecule has 0 saturated carbocycles. The molecule has 1 saturated heterocycles. The van der Waals surface area contributed by atoms with Crippen molar-refractivity contribution in [1.82, 2.24) is 19.5 Å². The van der Waals surface area contributed by atoms with Gasteiger partial charge in [-0.2, -0.15) is 4.98 Å². The molecule has 124 valence electrons. The number of hydrogen-bond donors (Lipinski definition) is 2. The van der Waals surface area contributed by atoms with Crippen LogP contribution in [0.1, 0.15) is 12.6 Å². The van der Waals surface area contributed by atoms with Gasteiger partial charge in [-0.25, -0.2) is 9.97 Å². The van der Waals surface area contributed by atoms with Crippen LogP contribution in [0.25, 0.3) is 11.2 Å². The van der Waals surface area contributed by atoms with Crippen LogP contribution in [-0.4, -0.2) is 48.5 Å². The Morgan fingerprint density at radius 2 is 2.04 bits per heavy atom. The maximum absolute atomic E-state index is 10.2. The van der Waals surface area contributed by atoms with E-state index in [0.717, 1.165) is 5.75 Å². The van der Waals surface area contributed by atoms with Gasteiger partial charge in [-0.3, -0.25) is 4.57 Å². The van der Waals surface area contributed by atoms with Crippen molar-refractivity contribution < 1.29 is 19.7 Å². The first-order valence-corrected chi connectivity index (χ1v) is 7.60. The van der Waals surface area contributed by atoms with Crippen LogP contribution in [0.2, 0.25) is 0 Å². The van der Waals surface area contributed by atoms with E-state index < -0.39 is 18.4 Å². The lowest BCUT2D eigenvalue weighted by atomic mass is 10.2. The largest absolute Gasteiger partial charge is 0.492 e. The maximum Gasteiger partial charge on any atom is 0.242 e. The third kappa shape index (κ3) is 2.66. The summed E-state index contributed by atoms with van der Waals surface area (Å²) in [6, 6.07) is 9.37. The molecule has 0 unspecified atom stereocenters. The maximum atomic E-state index is 10.2. The first-order chi connectivity index (χ1) is 11.7. The Labute approximate surface area is 137 Å². The van der Waals surface area contributed by atoms with E-state index in [4.69, 9.17) is 9.47 Å². The highest BCUT2D eigenvalue weighted by Crippen LogP contribution is 2.32. The number of aliphatic hydroxyl groups is 1. The highest BCUT2D eigenvalue weighted by atomic mass is 16.6. The summed E-state index contributed by atoms with van der Waals surface area (Å²) in [5.41, 5.74) is 0.768. The molecule has 8 heteroatoms. The molecule has 1 aliphatic rings. The van der Waals surface area contributed by atoms with Crippen molar-refractivity contribution in [3.05, 3.63) is 43.0 Å². The lowest BCUT2D eigenvalue weighted by molar-refractivity contribution is -0.0381. The van der Waals surface area contributed by atoms with Crippen LogP contribution in [0.5, 0.6) is 11.6 Å². The number of benzene rings is 1. The lowest BCUT2D eigenvalue weighted by Gasteiger charge is -2.16. The Balaban J connectivity index is 1.49. The number of fused-ring (bicyclic) bond motifs is 1. The van der Waals surface area contributed by atoms with Gasteiger partial charge in [0.05, 0.1) is 12.4 Å². The van der Waals surface area contributed by atoms with E-state index in [-0.39, 0.29) is 12.5 Å². The normalized spacial score (nSPS) is 23.6. The van der Waals surface area contributed by atoms with Gasteiger partial charge in [0, 0.05) is 6.42 Å². The zero-order chi connectivity index (χ0) is 16.5. The van der Waals surface area contributed by atoms with Gasteiger partial charge in [-0.15, -0.1) is 0 Å². The molecule has 2 aromatic heterocycles. The molecule has 0 bridgehead atoms. The van der Waals surface area contributed by atoms with E-state index in [1.165, 1.54) is 12.7 Å². The second kappa shape index (κ2) is 6.06. The quantitative estimate of drug-likeness (QED) is 0.743. The van der Waals surface area contributed by atoms with E-state index in [0.29, 0.717) is 17.6 Å². The van der Waals surface area contributed by atoms with Gasteiger partial charge in [0.2, 0.25) is 5.88 Å². The third-order valence-corrected chi connectivity index (χ3v) is 4.01. The predicted molar refractivity (Wildman–Crippen MR) is 83.5 cm³/mol. The van der Waals surface area contributed by atoms with Gasteiger partial charge < -0.3 is 19.7 Å². The fraction of sp³-hybridized carbons (Fsp3) is 0.312. The van der Waals surface area contributed by atoms with E-state index in [1.54, 1.807) is 4.57 Å². The molecule has 3 heterocycles. The predicted octanol–water partition coefficient (Wildman–Crippen LogP) is 1.26. The molecular weight excluding hydrogens is 312 g/mol. The van der Waals surface area contributed by atoms with Crippen LogP contribution < -0.4 is 4.74 Å². The van der Waals surface area contributed by atoms with Crippen molar-refractivity contribution in [3.8, 4) is 11.6 Å². The van der Waals surface area contributed by atoms with Gasteiger partial charge in [-0.1, -0.05) is 18.2 Å². The highest BCUT2D eigenvalue weighted by Gasteiger charge is 2.36. The number of ether oxygens (including phenoxy) is 2. The van der Waals surface area contributed by atoms with Crippen LogP contribution in [0.15, 0.2) is 43.0 Å². The van der Waals surface area contributed by atoms with E-state index >= 15 is 0 Å². The summed E-state index contributed by atoms with van der Waals surface area (Å²) < 4.78 is 13.2. The Morgan fingerprint density at radius 1 is 1.21 bits per heavy atom. The van der Waals surface area contributed by atoms with Gasteiger partial charge in [-0.05, 0) is 12.1 Å². The second-order valence-corrected chi connectivity index (χ2v) is 5.58. The van der Waals surface area contributed by atoms with Crippen LogP contribution >= 0.6 is 0 Å². The topological polar surface area (TPSA) is 103 Å². The van der Waals surface area contributed by atoms with Crippen LogP contribution in [0.3, 0.4) is 0 Å². The molecule has 1 aliphatic heterocycles. The number of rotatable bonds is 4. The summed E-state index contributed by atoms with van der Waals surface area (Å²) in [5.74, 6) is 0.545. The minimum atomic E-state index is -0.661. The van der Waals surface area contributed by atoms with Gasteiger partial charge in [0.15, 0.2) is 11.2 Å². The second-order valence-electron chi connectivity index (χ2n) is 5.58. The molecule has 1 aromatic carbocycles. The Morgan fingerprint density at radius 3 is 2.88 bits per heavy atom. The van der Waals surface area contributed by atoms with Crippen LogP contribution in [0, 0.1) is 0 Å². The molecule has 0 aliphatic carbocycles. The smallest absolute Gasteiger partial charge is 0.242 e. The van der Waals surface area contributed by atoms with Crippen molar-refractivity contribution in [1.29, 1.82) is 0 Å². The Kier molecular flexibility index (Phi) is 3.75. The zero-order valence-corrected chi connectivity index (χ0v) is 12.7. The number of aromatic nitrogens is 4. The summed E-state index contributed by atoms with van der Waals surface area (Å²) in [6.45, 7) is 0.245. The molecule has 3 atom stereocenters. The molecule has 0 spiro atoms. The molecule has 0 amide bonds. The van der Waals surface area contributed by atoms with Crippen LogP contribution in [-0.2, 0) is 4.74 Å². The summed E-state index contributed by atoms with van der Waals surface area (Å²) >= 11 is 0.